The van der Waals surface area contributed by atoms with Crippen LogP contribution in [0, 0.1) is 0 Å². The van der Waals surface area contributed by atoms with Crippen molar-refractivity contribution in [2.24, 2.45) is 0 Å². The molecule has 12 aromatic carbocycles. The predicted molar refractivity (Wildman–Crippen MR) is 327 cm³/mol. The van der Waals surface area contributed by atoms with Crippen LogP contribution in [0.1, 0.15) is 0 Å². The van der Waals surface area contributed by atoms with Gasteiger partial charge in [0.15, 0.2) is 0 Å². The maximum absolute atomic E-state index is 4.04. The number of para-hydroxylation sites is 8. The van der Waals surface area contributed by atoms with E-state index in [0.717, 1.165) is 22.7 Å². The van der Waals surface area contributed by atoms with E-state index < -0.39 is 13.3 Å². The summed E-state index contributed by atoms with van der Waals surface area (Å²) in [6, 6.07) is 109. The Hall–Kier alpha value is -9.62. The monoisotopic (exact) mass is 1040 g/mol. The van der Waals surface area contributed by atoms with E-state index in [0.29, 0.717) is 0 Å². The molecule has 0 N–H and O–H groups in total. The Bertz CT molecular complexity index is 4110. The number of nitrogens with zero attached hydrogens (tertiary/aromatic N) is 4. The summed E-state index contributed by atoms with van der Waals surface area (Å²) >= 11 is -4.04. The zero-order chi connectivity index (χ0) is 50.6. The fourth-order valence-corrected chi connectivity index (χ4v) is 23.0. The van der Waals surface area contributed by atoms with Crippen LogP contribution < -0.4 is 17.6 Å². The van der Waals surface area contributed by atoms with E-state index in [2.05, 4.69) is 309 Å². The third kappa shape index (κ3) is 6.46. The summed E-state index contributed by atoms with van der Waals surface area (Å²) in [5, 5.41) is 10.1. The summed E-state index contributed by atoms with van der Waals surface area (Å²) in [7, 11) is 0. The first kappa shape index (κ1) is 43.8. The first-order valence-corrected chi connectivity index (χ1v) is 30.8. The van der Waals surface area contributed by atoms with E-state index >= 15 is 0 Å². The SMILES string of the molecule is c1ccc2c(c1)c1ccccc1n2-c1cc[c]([Ge]([c]2ccc(-n3c4ccccc4c4ccccc43)cc2)([c]2ccc(-n3c4ccccc4c4ccccc43)cc2)[c]2ccc(-n3c4ccccc4c4ccccc43)cc2)cc1. The Balaban J connectivity index is 0.950. The standard InChI is InChI=1S/C72H48GeN4/c1-9-25-65-57(17-1)58-18-2-10-26-66(58)74(65)53-41-33-49(34-42-53)73(50-35-43-54(44-36-50)75-67-27-11-3-19-59(67)60-20-4-12-28-68(60)75,51-37-45-55(46-38-51)76-69-29-13-5-21-61(69)62-22-6-14-30-70(62)76)52-39-47-56(48-40-52)77-71-31-15-7-23-63(71)64-24-8-16-32-72(64)77/h1-48H. The zero-order valence-corrected chi connectivity index (χ0v) is 44.1. The molecule has 4 heterocycles. The fraction of sp³-hybridized carbons (Fsp3) is 0. The van der Waals surface area contributed by atoms with Crippen LogP contribution in [0.2, 0.25) is 0 Å². The van der Waals surface area contributed by atoms with Gasteiger partial charge in [-0.05, 0) is 0 Å². The van der Waals surface area contributed by atoms with Crippen molar-refractivity contribution in [2.45, 2.75) is 0 Å². The summed E-state index contributed by atoms with van der Waals surface area (Å²) in [5.74, 6) is 0. The first-order valence-electron chi connectivity index (χ1n) is 26.6. The molecule has 0 unspecified atom stereocenters. The molecular formula is C72H48GeN4. The summed E-state index contributed by atoms with van der Waals surface area (Å²) in [4.78, 5) is 0. The quantitative estimate of drug-likeness (QED) is 0.135. The molecule has 0 saturated carbocycles. The van der Waals surface area contributed by atoms with E-state index in [4.69, 9.17) is 0 Å². The molecule has 0 aliphatic rings. The van der Waals surface area contributed by atoms with Crippen LogP contribution in [-0.2, 0) is 0 Å². The van der Waals surface area contributed by atoms with E-state index in [1.165, 1.54) is 105 Å². The van der Waals surface area contributed by atoms with Crippen molar-refractivity contribution >= 4 is 118 Å². The molecule has 0 saturated heterocycles. The third-order valence-electron chi connectivity index (χ3n) is 16.6. The van der Waals surface area contributed by atoms with Crippen molar-refractivity contribution in [1.82, 2.24) is 18.3 Å². The maximum atomic E-state index is 2.46. The Labute approximate surface area is 447 Å². The van der Waals surface area contributed by atoms with E-state index in [-0.39, 0.29) is 0 Å². The molecule has 360 valence electrons. The first-order chi connectivity index (χ1) is 38.2. The normalized spacial score (nSPS) is 12.2. The summed E-state index contributed by atoms with van der Waals surface area (Å²) in [5.41, 5.74) is 14.2. The summed E-state index contributed by atoms with van der Waals surface area (Å²) < 4.78 is 15.2. The van der Waals surface area contributed by atoms with E-state index in [9.17, 15) is 0 Å². The molecule has 16 aromatic rings. The average molecular weight is 1040 g/mol. The van der Waals surface area contributed by atoms with Gasteiger partial charge in [0, 0.05) is 0 Å². The predicted octanol–water partition coefficient (Wildman–Crippen LogP) is 15.5. The van der Waals surface area contributed by atoms with Gasteiger partial charge in [0.25, 0.3) is 0 Å². The van der Waals surface area contributed by atoms with Crippen molar-refractivity contribution in [2.75, 3.05) is 0 Å². The van der Waals surface area contributed by atoms with Gasteiger partial charge in [-0.2, -0.15) is 0 Å². The van der Waals surface area contributed by atoms with Gasteiger partial charge in [-0.25, -0.2) is 0 Å². The van der Waals surface area contributed by atoms with Gasteiger partial charge in [-0.1, -0.05) is 0 Å². The number of aromatic nitrogens is 4. The Kier molecular flexibility index (Phi) is 9.78. The molecule has 0 amide bonds. The second-order valence-corrected chi connectivity index (χ2v) is 28.4. The topological polar surface area (TPSA) is 19.7 Å². The number of hydrogen-bond donors (Lipinski definition) is 0. The van der Waals surface area contributed by atoms with Gasteiger partial charge in [0.1, 0.15) is 0 Å². The fourth-order valence-electron chi connectivity index (χ4n) is 13.2. The molecule has 0 bridgehead atoms. The second kappa shape index (κ2) is 17.2. The van der Waals surface area contributed by atoms with Crippen molar-refractivity contribution in [3.05, 3.63) is 291 Å². The van der Waals surface area contributed by atoms with Crippen LogP contribution >= 0.6 is 0 Å². The van der Waals surface area contributed by atoms with Gasteiger partial charge in [0.05, 0.1) is 0 Å². The van der Waals surface area contributed by atoms with Crippen LogP contribution in [0.15, 0.2) is 291 Å². The minimum atomic E-state index is -4.04. The van der Waals surface area contributed by atoms with Gasteiger partial charge in [0.2, 0.25) is 0 Å². The van der Waals surface area contributed by atoms with Gasteiger partial charge < -0.3 is 0 Å². The number of hydrogen-bond acceptors (Lipinski definition) is 0. The van der Waals surface area contributed by atoms with Crippen molar-refractivity contribution < 1.29 is 0 Å². The van der Waals surface area contributed by atoms with Crippen LogP contribution in [0.5, 0.6) is 0 Å². The number of fused-ring (bicyclic) bond motifs is 12. The Morgan fingerprint density at radius 1 is 0.156 bits per heavy atom. The third-order valence-corrected chi connectivity index (χ3v) is 26.6. The van der Waals surface area contributed by atoms with Crippen LogP contribution in [-0.4, -0.2) is 31.5 Å². The molecule has 0 aliphatic heterocycles. The molecule has 5 heteroatoms. The molecule has 4 nitrogen and oxygen atoms in total. The molecule has 0 aliphatic carbocycles. The van der Waals surface area contributed by atoms with E-state index in [1.54, 1.807) is 0 Å². The van der Waals surface area contributed by atoms with Crippen molar-refractivity contribution in [1.29, 1.82) is 0 Å². The zero-order valence-electron chi connectivity index (χ0n) is 42.0. The van der Waals surface area contributed by atoms with Gasteiger partial charge in [-0.15, -0.1) is 0 Å². The Morgan fingerprint density at radius 3 is 0.455 bits per heavy atom. The average Bonchev–Trinajstić information content (AvgIpc) is 4.34. The van der Waals surface area contributed by atoms with Crippen molar-refractivity contribution in [3.8, 4) is 22.7 Å². The van der Waals surface area contributed by atoms with Gasteiger partial charge in [-0.3, -0.25) is 0 Å². The number of rotatable bonds is 8. The van der Waals surface area contributed by atoms with Crippen molar-refractivity contribution in [3.63, 3.8) is 0 Å². The molecule has 0 spiro atoms. The second-order valence-electron chi connectivity index (χ2n) is 20.4. The Morgan fingerprint density at radius 2 is 0.299 bits per heavy atom. The molecular weight excluding hydrogens is 993 g/mol. The van der Waals surface area contributed by atoms with Crippen LogP contribution in [0.25, 0.3) is 110 Å². The van der Waals surface area contributed by atoms with Crippen LogP contribution in [0.3, 0.4) is 0 Å². The van der Waals surface area contributed by atoms with Crippen LogP contribution in [0.4, 0.5) is 0 Å². The molecule has 0 fully saturated rings. The molecule has 0 radical (unpaired) electrons. The number of benzene rings is 12. The molecule has 0 atom stereocenters. The minimum absolute atomic E-state index is 1.15. The molecule has 16 rings (SSSR count). The molecule has 77 heavy (non-hydrogen) atoms. The summed E-state index contributed by atoms with van der Waals surface area (Å²) in [6.45, 7) is 0. The van der Waals surface area contributed by atoms with E-state index in [1.807, 2.05) is 0 Å². The summed E-state index contributed by atoms with van der Waals surface area (Å²) in [6.07, 6.45) is 0. The van der Waals surface area contributed by atoms with Gasteiger partial charge >= 0.3 is 450 Å². The molecule has 4 aromatic heterocycles.